The summed E-state index contributed by atoms with van der Waals surface area (Å²) in [4.78, 5) is 29.4. The van der Waals surface area contributed by atoms with E-state index in [0.29, 0.717) is 43.4 Å². The second-order valence-electron chi connectivity index (χ2n) is 10.3. The van der Waals surface area contributed by atoms with E-state index >= 15 is 0 Å². The Kier molecular flexibility index (Phi) is 9.04. The highest BCUT2D eigenvalue weighted by molar-refractivity contribution is 6.30. The van der Waals surface area contributed by atoms with Gasteiger partial charge in [-0.1, -0.05) is 73.0 Å². The van der Waals surface area contributed by atoms with E-state index in [9.17, 15) is 9.59 Å². The second kappa shape index (κ2) is 13.0. The number of nitrogens with one attached hydrogen (secondary N) is 1. The molecule has 1 heterocycles. The van der Waals surface area contributed by atoms with Crippen LogP contribution in [0, 0.1) is 0 Å². The third-order valence-corrected chi connectivity index (χ3v) is 7.72. The van der Waals surface area contributed by atoms with E-state index in [1.165, 1.54) is 0 Å². The van der Waals surface area contributed by atoms with Crippen LogP contribution in [0.1, 0.15) is 48.8 Å². The molecule has 204 valence electrons. The minimum absolute atomic E-state index is 0.0673. The molecule has 5 rings (SSSR count). The molecule has 2 aliphatic rings. The molecule has 0 aromatic heterocycles. The largest absolute Gasteiger partial charge is 0.486 e. The molecule has 1 atom stereocenters. The first kappa shape index (κ1) is 27.1. The van der Waals surface area contributed by atoms with Crippen molar-refractivity contribution in [1.82, 2.24) is 10.2 Å². The van der Waals surface area contributed by atoms with Crippen LogP contribution in [0.5, 0.6) is 11.5 Å². The summed E-state index contributed by atoms with van der Waals surface area (Å²) in [6.07, 6.45) is 5.47. The van der Waals surface area contributed by atoms with Crippen LogP contribution in [0.15, 0.2) is 72.8 Å². The van der Waals surface area contributed by atoms with Crippen molar-refractivity contribution in [3.05, 3.63) is 94.5 Å². The number of amides is 2. The maximum absolute atomic E-state index is 13.9. The molecule has 1 N–H and O–H groups in total. The van der Waals surface area contributed by atoms with Crippen molar-refractivity contribution >= 4 is 23.4 Å². The second-order valence-corrected chi connectivity index (χ2v) is 10.8. The highest BCUT2D eigenvalue weighted by Gasteiger charge is 2.32. The molecule has 1 aliphatic carbocycles. The van der Waals surface area contributed by atoms with Crippen molar-refractivity contribution in [2.24, 2.45) is 0 Å². The molecule has 0 spiro atoms. The van der Waals surface area contributed by atoms with E-state index in [1.54, 1.807) is 4.90 Å². The zero-order valence-electron chi connectivity index (χ0n) is 22.1. The first-order valence-electron chi connectivity index (χ1n) is 13.8. The molecule has 7 heteroatoms. The molecular weight excluding hydrogens is 512 g/mol. The molecule has 1 saturated carbocycles. The van der Waals surface area contributed by atoms with Crippen molar-refractivity contribution in [2.45, 2.75) is 63.6 Å². The van der Waals surface area contributed by atoms with Gasteiger partial charge in [-0.15, -0.1) is 0 Å². The molecule has 0 unspecified atom stereocenters. The number of ether oxygens (including phenoxy) is 2. The van der Waals surface area contributed by atoms with Gasteiger partial charge in [-0.05, 0) is 60.2 Å². The molecule has 1 aliphatic heterocycles. The van der Waals surface area contributed by atoms with Crippen LogP contribution < -0.4 is 14.8 Å². The van der Waals surface area contributed by atoms with Crippen molar-refractivity contribution in [2.75, 3.05) is 13.2 Å². The van der Waals surface area contributed by atoms with E-state index in [2.05, 4.69) is 5.32 Å². The third kappa shape index (κ3) is 7.33. The first-order chi connectivity index (χ1) is 19.0. The van der Waals surface area contributed by atoms with Gasteiger partial charge in [0.15, 0.2) is 11.5 Å². The Bertz CT molecular complexity index is 1260. The lowest BCUT2D eigenvalue weighted by molar-refractivity contribution is -0.141. The van der Waals surface area contributed by atoms with Gasteiger partial charge in [-0.25, -0.2) is 0 Å². The fourth-order valence-corrected chi connectivity index (χ4v) is 5.47. The average Bonchev–Trinajstić information content (AvgIpc) is 3.48. The van der Waals surface area contributed by atoms with Gasteiger partial charge in [-0.2, -0.15) is 0 Å². The lowest BCUT2D eigenvalue weighted by Gasteiger charge is -2.32. The molecule has 0 radical (unpaired) electrons. The van der Waals surface area contributed by atoms with Crippen LogP contribution in [0.4, 0.5) is 0 Å². The van der Waals surface area contributed by atoms with Crippen LogP contribution in [0.3, 0.4) is 0 Å². The Balaban J connectivity index is 1.39. The van der Waals surface area contributed by atoms with Gasteiger partial charge in [0, 0.05) is 30.5 Å². The summed E-state index contributed by atoms with van der Waals surface area (Å²) in [5.74, 6) is 1.28. The molecule has 6 nitrogen and oxygen atoms in total. The molecule has 39 heavy (non-hydrogen) atoms. The number of aryl methyl sites for hydroxylation is 1. The minimum Gasteiger partial charge on any atom is -0.486 e. The Hall–Kier alpha value is -3.51. The van der Waals surface area contributed by atoms with Crippen molar-refractivity contribution in [1.29, 1.82) is 0 Å². The molecule has 0 saturated heterocycles. The van der Waals surface area contributed by atoms with Crippen LogP contribution in [0.2, 0.25) is 5.02 Å². The SMILES string of the molecule is O=C(NC1CCCC1)[C@@H](Cc1ccccc1)N(Cc1ccc(Cl)cc1)C(=O)CCc1ccc2c(c1)OCCO2. The number of rotatable bonds is 10. The number of benzene rings is 3. The first-order valence-corrected chi connectivity index (χ1v) is 14.2. The number of fused-ring (bicyclic) bond motifs is 1. The number of carbonyl (C=O) groups excluding carboxylic acids is 2. The highest BCUT2D eigenvalue weighted by Crippen LogP contribution is 2.31. The summed E-state index contributed by atoms with van der Waals surface area (Å²) in [5.41, 5.74) is 2.94. The van der Waals surface area contributed by atoms with E-state index in [0.717, 1.165) is 48.1 Å². The van der Waals surface area contributed by atoms with Crippen LogP contribution in [-0.4, -0.2) is 42.0 Å². The summed E-state index contributed by atoms with van der Waals surface area (Å²) >= 11 is 6.13. The zero-order chi connectivity index (χ0) is 27.0. The zero-order valence-corrected chi connectivity index (χ0v) is 22.9. The number of hydrogen-bond donors (Lipinski definition) is 1. The molecular formula is C32H35ClN2O4. The van der Waals surface area contributed by atoms with Gasteiger partial charge < -0.3 is 19.7 Å². The monoisotopic (exact) mass is 546 g/mol. The van der Waals surface area contributed by atoms with E-state index in [-0.39, 0.29) is 24.3 Å². The number of hydrogen-bond acceptors (Lipinski definition) is 4. The lowest BCUT2D eigenvalue weighted by atomic mass is 10.0. The molecule has 3 aromatic rings. The predicted octanol–water partition coefficient (Wildman–Crippen LogP) is 5.74. The Morgan fingerprint density at radius 2 is 1.56 bits per heavy atom. The predicted molar refractivity (Wildman–Crippen MR) is 152 cm³/mol. The molecule has 2 amide bonds. The highest BCUT2D eigenvalue weighted by atomic mass is 35.5. The van der Waals surface area contributed by atoms with Crippen molar-refractivity contribution in [3.8, 4) is 11.5 Å². The molecule has 3 aromatic carbocycles. The standard InChI is InChI=1S/C32H35ClN2O4/c33-26-14-10-25(11-15-26)22-35(31(36)17-13-24-12-16-29-30(21-24)39-19-18-38-29)28(20-23-6-2-1-3-7-23)32(37)34-27-8-4-5-9-27/h1-3,6-7,10-12,14-16,21,27-28H,4-5,8-9,13,17-20,22H2,(H,34,37)/t28-/m1/s1. The van der Waals surface area contributed by atoms with Crippen LogP contribution >= 0.6 is 11.6 Å². The van der Waals surface area contributed by atoms with Crippen LogP contribution in [0.25, 0.3) is 0 Å². The van der Waals surface area contributed by atoms with E-state index in [4.69, 9.17) is 21.1 Å². The Morgan fingerprint density at radius 3 is 2.31 bits per heavy atom. The Morgan fingerprint density at radius 1 is 0.872 bits per heavy atom. The summed E-state index contributed by atoms with van der Waals surface area (Å²) in [5, 5.41) is 3.89. The van der Waals surface area contributed by atoms with Gasteiger partial charge in [0.2, 0.25) is 11.8 Å². The van der Waals surface area contributed by atoms with Crippen LogP contribution in [-0.2, 0) is 29.0 Å². The van der Waals surface area contributed by atoms with E-state index in [1.807, 2.05) is 72.8 Å². The van der Waals surface area contributed by atoms with Gasteiger partial charge in [0.05, 0.1) is 0 Å². The average molecular weight is 547 g/mol. The summed E-state index contributed by atoms with van der Waals surface area (Å²) in [6.45, 7) is 1.38. The summed E-state index contributed by atoms with van der Waals surface area (Å²) in [6, 6.07) is 22.7. The minimum atomic E-state index is -0.628. The molecule has 0 bridgehead atoms. The third-order valence-electron chi connectivity index (χ3n) is 7.47. The van der Waals surface area contributed by atoms with Crippen molar-refractivity contribution < 1.29 is 19.1 Å². The Labute approximate surface area is 235 Å². The fourth-order valence-electron chi connectivity index (χ4n) is 5.35. The van der Waals surface area contributed by atoms with Crippen molar-refractivity contribution in [3.63, 3.8) is 0 Å². The van der Waals surface area contributed by atoms with E-state index < -0.39 is 6.04 Å². The smallest absolute Gasteiger partial charge is 0.243 e. The quantitative estimate of drug-likeness (QED) is 0.352. The normalized spacial score (nSPS) is 15.5. The molecule has 1 fully saturated rings. The lowest BCUT2D eigenvalue weighted by Crippen LogP contribution is -2.52. The van der Waals surface area contributed by atoms with Gasteiger partial charge in [-0.3, -0.25) is 9.59 Å². The number of nitrogens with zero attached hydrogens (tertiary/aromatic N) is 1. The van der Waals surface area contributed by atoms with Gasteiger partial charge >= 0.3 is 0 Å². The maximum atomic E-state index is 13.9. The topological polar surface area (TPSA) is 67.9 Å². The fraction of sp³-hybridized carbons (Fsp3) is 0.375. The van der Waals surface area contributed by atoms with Gasteiger partial charge in [0.1, 0.15) is 19.3 Å². The van der Waals surface area contributed by atoms with Gasteiger partial charge in [0.25, 0.3) is 0 Å². The maximum Gasteiger partial charge on any atom is 0.243 e. The number of carbonyl (C=O) groups is 2. The summed E-state index contributed by atoms with van der Waals surface area (Å²) < 4.78 is 11.4. The number of halogens is 1. The summed E-state index contributed by atoms with van der Waals surface area (Å²) in [7, 11) is 0.